The normalized spacial score (nSPS) is 15.7. The molecule has 0 fully saturated rings. The highest BCUT2D eigenvalue weighted by Gasteiger charge is 2.17. The van der Waals surface area contributed by atoms with E-state index in [1.807, 2.05) is 0 Å². The molecule has 0 radical (unpaired) electrons. The summed E-state index contributed by atoms with van der Waals surface area (Å²) in [6, 6.07) is 0. The fourth-order valence-corrected chi connectivity index (χ4v) is 3.10. The summed E-state index contributed by atoms with van der Waals surface area (Å²) in [6.45, 7) is 7.04. The van der Waals surface area contributed by atoms with Gasteiger partial charge in [0.05, 0.1) is 13.2 Å². The van der Waals surface area contributed by atoms with E-state index >= 15 is 0 Å². The van der Waals surface area contributed by atoms with Gasteiger partial charge in [0, 0.05) is 12.8 Å². The molecule has 0 N–H and O–H groups in total. The largest absolute Gasteiger partial charge is 0.446 e. The van der Waals surface area contributed by atoms with Crippen molar-refractivity contribution in [2.75, 3.05) is 13.2 Å². The van der Waals surface area contributed by atoms with Crippen LogP contribution in [0.2, 0.25) is 0 Å². The summed E-state index contributed by atoms with van der Waals surface area (Å²) in [5.41, 5.74) is -1.58. The fraction of sp³-hybridized carbons (Fsp3) is 0.875. The molecule has 0 bridgehead atoms. The summed E-state index contributed by atoms with van der Waals surface area (Å²) in [5.74, 6) is -0.839. The first-order chi connectivity index (χ1) is 12.3. The molecule has 8 nitrogen and oxygen atoms in total. The van der Waals surface area contributed by atoms with Crippen LogP contribution in [-0.2, 0) is 49.6 Å². The van der Waals surface area contributed by atoms with E-state index in [1.54, 1.807) is 13.8 Å². The van der Waals surface area contributed by atoms with Crippen molar-refractivity contribution < 1.29 is 35.8 Å². The maximum atomic E-state index is 11.6. The van der Waals surface area contributed by atoms with Crippen LogP contribution in [0.5, 0.6) is 0 Å². The van der Waals surface area contributed by atoms with Gasteiger partial charge in [0.15, 0.2) is 33.0 Å². The van der Waals surface area contributed by atoms with Crippen LogP contribution in [0.4, 0.5) is 0 Å². The third-order valence-corrected chi connectivity index (χ3v) is 5.33. The first-order valence-electron chi connectivity index (χ1n) is 8.78. The number of rotatable bonds is 15. The number of unbranched alkanes of at least 4 members (excludes halogenated alkanes) is 3. The van der Waals surface area contributed by atoms with Gasteiger partial charge >= 0.3 is 11.9 Å². The molecular formula is C16H30O8S2. The molecule has 10 heteroatoms. The molecule has 0 aromatic rings. The highest BCUT2D eigenvalue weighted by atomic mass is 32.2. The maximum absolute atomic E-state index is 11.6. The number of ether oxygens (including phenoxy) is 2. The van der Waals surface area contributed by atoms with Crippen molar-refractivity contribution in [1.82, 2.24) is 0 Å². The molecule has 0 aromatic carbocycles. The van der Waals surface area contributed by atoms with Crippen LogP contribution < -0.4 is 0 Å². The van der Waals surface area contributed by atoms with Crippen LogP contribution in [0.3, 0.4) is 0 Å². The molecule has 0 aliphatic rings. The second-order valence-electron chi connectivity index (χ2n) is 5.36. The third-order valence-electron chi connectivity index (χ3n) is 3.12. The van der Waals surface area contributed by atoms with E-state index in [0.29, 0.717) is 12.8 Å². The summed E-state index contributed by atoms with van der Waals surface area (Å²) in [5, 5.41) is 0. The first kappa shape index (κ1) is 25.2. The Hall–Kier alpha value is -0.840. The van der Waals surface area contributed by atoms with Gasteiger partial charge in [0.1, 0.15) is 0 Å². The molecule has 154 valence electrons. The van der Waals surface area contributed by atoms with Crippen molar-refractivity contribution in [3.63, 3.8) is 0 Å². The van der Waals surface area contributed by atoms with Crippen molar-refractivity contribution in [3.8, 4) is 0 Å². The quantitative estimate of drug-likeness (QED) is 0.297. The smallest absolute Gasteiger partial charge is 0.307 e. The van der Waals surface area contributed by atoms with Crippen molar-refractivity contribution in [2.45, 2.75) is 77.1 Å². The van der Waals surface area contributed by atoms with Crippen LogP contribution in [0.1, 0.15) is 66.2 Å². The van der Waals surface area contributed by atoms with Gasteiger partial charge in [0.2, 0.25) is 0 Å². The molecule has 0 aliphatic carbocycles. The number of esters is 2. The van der Waals surface area contributed by atoms with Crippen molar-refractivity contribution in [3.05, 3.63) is 0 Å². The number of carbonyl (C=O) groups is 2. The van der Waals surface area contributed by atoms with Crippen molar-refractivity contribution >= 4 is 34.1 Å². The average molecular weight is 415 g/mol. The highest BCUT2D eigenvalue weighted by molar-refractivity contribution is 7.80. The van der Waals surface area contributed by atoms with Gasteiger partial charge in [-0.3, -0.25) is 18.0 Å². The summed E-state index contributed by atoms with van der Waals surface area (Å²) in [6.07, 6.45) is 3.20. The topological polar surface area (TPSA) is 105 Å². The lowest BCUT2D eigenvalue weighted by Gasteiger charge is -2.12. The minimum Gasteiger partial charge on any atom is -0.446 e. The highest BCUT2D eigenvalue weighted by Crippen LogP contribution is 2.10. The summed E-state index contributed by atoms with van der Waals surface area (Å²) < 4.78 is 42.7. The number of carbonyl (C=O) groups excluding carboxylic acids is 2. The minimum absolute atomic E-state index is 0.225. The SMILES string of the molecule is CCOS(=O)C(C)OC(=O)CCCCCCC(=O)OC(C)S(=O)OCC. The van der Waals surface area contributed by atoms with Gasteiger partial charge in [-0.15, -0.1) is 0 Å². The molecule has 0 saturated carbocycles. The molecule has 0 heterocycles. The molecule has 0 aromatic heterocycles. The van der Waals surface area contributed by atoms with E-state index < -0.39 is 45.0 Å². The second-order valence-corrected chi connectivity index (χ2v) is 8.20. The second kappa shape index (κ2) is 15.2. The lowest BCUT2D eigenvalue weighted by molar-refractivity contribution is -0.146. The molecule has 0 rings (SSSR count). The molecular weight excluding hydrogens is 384 g/mol. The van der Waals surface area contributed by atoms with E-state index in [4.69, 9.17) is 17.8 Å². The fourth-order valence-electron chi connectivity index (χ4n) is 1.88. The van der Waals surface area contributed by atoms with E-state index in [1.165, 1.54) is 13.8 Å². The Morgan fingerprint density at radius 1 is 0.731 bits per heavy atom. The standard InChI is InChI=1S/C16H30O8S2/c1-5-21-25(19)13(3)23-15(17)11-9-7-8-10-12-16(18)24-14(4)26(20)22-6-2/h13-14H,5-12H2,1-4H3. The molecule has 0 amide bonds. The lowest BCUT2D eigenvalue weighted by atomic mass is 10.1. The predicted molar refractivity (Wildman–Crippen MR) is 98.3 cm³/mol. The molecule has 0 spiro atoms. The minimum atomic E-state index is -1.64. The predicted octanol–water partition coefficient (Wildman–Crippen LogP) is 2.51. The maximum Gasteiger partial charge on any atom is 0.307 e. The average Bonchev–Trinajstić information content (AvgIpc) is 2.58. The molecule has 26 heavy (non-hydrogen) atoms. The zero-order valence-electron chi connectivity index (χ0n) is 15.9. The molecule has 4 atom stereocenters. The van der Waals surface area contributed by atoms with Gasteiger partial charge in [-0.2, -0.15) is 0 Å². The Balaban J connectivity index is 3.74. The van der Waals surface area contributed by atoms with Crippen LogP contribution >= 0.6 is 0 Å². The summed E-state index contributed by atoms with van der Waals surface area (Å²) in [4.78, 5) is 23.2. The van der Waals surface area contributed by atoms with Gasteiger partial charge in [-0.1, -0.05) is 12.8 Å². The van der Waals surface area contributed by atoms with Gasteiger partial charge in [-0.25, -0.2) is 8.42 Å². The molecule has 4 unspecified atom stereocenters. The van der Waals surface area contributed by atoms with Gasteiger partial charge in [-0.05, 0) is 40.5 Å². The van der Waals surface area contributed by atoms with E-state index in [2.05, 4.69) is 0 Å². The summed E-state index contributed by atoms with van der Waals surface area (Å²) >= 11 is -3.27. The van der Waals surface area contributed by atoms with E-state index in [-0.39, 0.29) is 26.1 Å². The van der Waals surface area contributed by atoms with E-state index in [9.17, 15) is 18.0 Å². The molecule has 0 saturated heterocycles. The van der Waals surface area contributed by atoms with E-state index in [0.717, 1.165) is 12.8 Å². The zero-order valence-corrected chi connectivity index (χ0v) is 17.5. The van der Waals surface area contributed by atoms with Crippen LogP contribution in [0, 0.1) is 0 Å². The van der Waals surface area contributed by atoms with Crippen LogP contribution in [0.25, 0.3) is 0 Å². The number of hydrogen-bond donors (Lipinski definition) is 0. The Kier molecular flexibility index (Phi) is 14.7. The van der Waals surface area contributed by atoms with Gasteiger partial charge in [0.25, 0.3) is 0 Å². The van der Waals surface area contributed by atoms with Crippen LogP contribution in [0.15, 0.2) is 0 Å². The van der Waals surface area contributed by atoms with Crippen molar-refractivity contribution in [2.24, 2.45) is 0 Å². The number of hydrogen-bond acceptors (Lipinski definition) is 8. The van der Waals surface area contributed by atoms with Gasteiger partial charge < -0.3 is 9.47 Å². The third kappa shape index (κ3) is 12.5. The lowest BCUT2D eigenvalue weighted by Crippen LogP contribution is -2.21. The molecule has 0 aliphatic heterocycles. The monoisotopic (exact) mass is 414 g/mol. The summed E-state index contributed by atoms with van der Waals surface area (Å²) in [7, 11) is 0. The first-order valence-corrected chi connectivity index (χ1v) is 11.1. The zero-order chi connectivity index (χ0) is 19.9. The Bertz CT molecular complexity index is 427. The Morgan fingerprint density at radius 2 is 1.08 bits per heavy atom. The van der Waals surface area contributed by atoms with Crippen LogP contribution in [-0.4, -0.2) is 44.4 Å². The Labute approximate surface area is 160 Å². The Morgan fingerprint density at radius 3 is 1.38 bits per heavy atom. The van der Waals surface area contributed by atoms with Crippen molar-refractivity contribution in [1.29, 1.82) is 0 Å².